The van der Waals surface area contributed by atoms with E-state index in [0.717, 1.165) is 37.4 Å². The topological polar surface area (TPSA) is 35.6 Å². The van der Waals surface area contributed by atoms with E-state index in [9.17, 15) is 4.79 Å². The lowest BCUT2D eigenvalue weighted by Crippen LogP contribution is -2.47. The van der Waals surface area contributed by atoms with Crippen molar-refractivity contribution in [2.24, 2.45) is 0 Å². The monoisotopic (exact) mass is 261 g/mol. The summed E-state index contributed by atoms with van der Waals surface area (Å²) in [5, 5.41) is 3.34. The Morgan fingerprint density at radius 2 is 1.79 bits per heavy atom. The Morgan fingerprint density at radius 3 is 2.42 bits per heavy atom. The lowest BCUT2D eigenvalue weighted by atomic mass is 10.1. The third-order valence-electron chi connectivity index (χ3n) is 3.39. The van der Waals surface area contributed by atoms with Crippen molar-refractivity contribution < 1.29 is 4.79 Å². The Labute approximate surface area is 115 Å². The minimum Gasteiger partial charge on any atom is -0.382 e. The van der Waals surface area contributed by atoms with E-state index in [4.69, 9.17) is 0 Å². The van der Waals surface area contributed by atoms with Crippen LogP contribution in [0.5, 0.6) is 0 Å². The van der Waals surface area contributed by atoms with Crippen molar-refractivity contribution in [2.75, 3.05) is 38.5 Å². The van der Waals surface area contributed by atoms with Gasteiger partial charge < -0.3 is 15.1 Å². The largest absolute Gasteiger partial charge is 0.382 e. The molecule has 1 heterocycles. The number of nitrogens with zero attached hydrogens (tertiary/aromatic N) is 2. The fourth-order valence-electron chi connectivity index (χ4n) is 2.29. The normalized spacial score (nSPS) is 16.7. The molecule has 0 bridgehead atoms. The minimum atomic E-state index is 0.136. The SMILES string of the molecule is CC(C)Nc1ccccc1C(=O)N1CCN(C)CC1. The summed E-state index contributed by atoms with van der Waals surface area (Å²) < 4.78 is 0. The van der Waals surface area contributed by atoms with Gasteiger partial charge in [0, 0.05) is 37.9 Å². The second-order valence-corrected chi connectivity index (χ2v) is 5.44. The number of carbonyl (C=O) groups excluding carboxylic acids is 1. The Kier molecular flexibility index (Phi) is 4.43. The van der Waals surface area contributed by atoms with Crippen LogP contribution in [0.15, 0.2) is 24.3 Å². The van der Waals surface area contributed by atoms with Crippen molar-refractivity contribution in [1.29, 1.82) is 0 Å². The molecule has 1 aromatic carbocycles. The Morgan fingerprint density at radius 1 is 1.16 bits per heavy atom. The van der Waals surface area contributed by atoms with Gasteiger partial charge in [-0.1, -0.05) is 12.1 Å². The van der Waals surface area contributed by atoms with Crippen molar-refractivity contribution >= 4 is 11.6 Å². The van der Waals surface area contributed by atoms with Crippen LogP contribution in [0.3, 0.4) is 0 Å². The van der Waals surface area contributed by atoms with Gasteiger partial charge >= 0.3 is 0 Å². The first-order chi connectivity index (χ1) is 9.08. The average molecular weight is 261 g/mol. The molecule has 1 aliphatic rings. The van der Waals surface area contributed by atoms with Crippen molar-refractivity contribution in [1.82, 2.24) is 9.80 Å². The van der Waals surface area contributed by atoms with Crippen LogP contribution in [0.25, 0.3) is 0 Å². The van der Waals surface area contributed by atoms with Gasteiger partial charge in [-0.3, -0.25) is 4.79 Å². The Balaban J connectivity index is 2.14. The number of likely N-dealkylation sites (N-methyl/N-ethyl adjacent to an activating group) is 1. The molecule has 4 heteroatoms. The number of piperazine rings is 1. The molecule has 0 aliphatic carbocycles. The number of hydrogen-bond donors (Lipinski definition) is 1. The van der Waals surface area contributed by atoms with Crippen LogP contribution in [0, 0.1) is 0 Å². The summed E-state index contributed by atoms with van der Waals surface area (Å²) in [6, 6.07) is 8.09. The van der Waals surface area contributed by atoms with Crippen molar-refractivity contribution in [3.8, 4) is 0 Å². The fourth-order valence-corrected chi connectivity index (χ4v) is 2.29. The Bertz CT molecular complexity index is 437. The van der Waals surface area contributed by atoms with Crippen molar-refractivity contribution in [3.05, 3.63) is 29.8 Å². The summed E-state index contributed by atoms with van der Waals surface area (Å²) in [6.45, 7) is 7.68. The summed E-state index contributed by atoms with van der Waals surface area (Å²) >= 11 is 0. The number of hydrogen-bond acceptors (Lipinski definition) is 3. The summed E-state index contributed by atoms with van der Waals surface area (Å²) in [7, 11) is 2.09. The molecule has 1 aromatic rings. The number of rotatable bonds is 3. The molecule has 0 spiro atoms. The molecule has 2 rings (SSSR count). The molecule has 104 valence electrons. The summed E-state index contributed by atoms with van der Waals surface area (Å²) in [5.74, 6) is 0.136. The van der Waals surface area contributed by atoms with Crippen molar-refractivity contribution in [2.45, 2.75) is 19.9 Å². The van der Waals surface area contributed by atoms with E-state index in [1.165, 1.54) is 0 Å². The van der Waals surface area contributed by atoms with E-state index in [1.807, 2.05) is 29.2 Å². The highest BCUT2D eigenvalue weighted by atomic mass is 16.2. The lowest BCUT2D eigenvalue weighted by Gasteiger charge is -2.33. The molecule has 0 radical (unpaired) electrons. The van der Waals surface area contributed by atoms with Gasteiger partial charge in [0.1, 0.15) is 0 Å². The first kappa shape index (κ1) is 13.9. The number of benzene rings is 1. The van der Waals surface area contributed by atoms with Gasteiger partial charge in [-0.2, -0.15) is 0 Å². The molecule has 4 nitrogen and oxygen atoms in total. The maximum atomic E-state index is 12.6. The van der Waals surface area contributed by atoms with Gasteiger partial charge in [0.15, 0.2) is 0 Å². The number of nitrogens with one attached hydrogen (secondary N) is 1. The highest BCUT2D eigenvalue weighted by Crippen LogP contribution is 2.19. The molecule has 1 N–H and O–H groups in total. The van der Waals surface area contributed by atoms with Crippen LogP contribution in [-0.2, 0) is 0 Å². The maximum absolute atomic E-state index is 12.6. The van der Waals surface area contributed by atoms with Gasteiger partial charge in [0.25, 0.3) is 5.91 Å². The van der Waals surface area contributed by atoms with Crippen molar-refractivity contribution in [3.63, 3.8) is 0 Å². The molecule has 0 aromatic heterocycles. The molecule has 1 fully saturated rings. The number of anilines is 1. The van der Waals surface area contributed by atoms with Gasteiger partial charge in [-0.25, -0.2) is 0 Å². The summed E-state index contributed by atoms with van der Waals surface area (Å²) in [4.78, 5) is 16.8. The highest BCUT2D eigenvalue weighted by Gasteiger charge is 2.22. The number of carbonyl (C=O) groups is 1. The summed E-state index contributed by atoms with van der Waals surface area (Å²) in [6.07, 6.45) is 0. The van der Waals surface area contributed by atoms with E-state index in [2.05, 4.69) is 31.1 Å². The first-order valence-electron chi connectivity index (χ1n) is 6.91. The van der Waals surface area contributed by atoms with E-state index >= 15 is 0 Å². The van der Waals surface area contributed by atoms with Crippen LogP contribution in [0.1, 0.15) is 24.2 Å². The smallest absolute Gasteiger partial charge is 0.256 e. The van der Waals surface area contributed by atoms with E-state index in [0.29, 0.717) is 6.04 Å². The number of amides is 1. The van der Waals surface area contributed by atoms with Crippen LogP contribution >= 0.6 is 0 Å². The molecule has 1 aliphatic heterocycles. The van der Waals surface area contributed by atoms with Gasteiger partial charge in [-0.05, 0) is 33.0 Å². The Hall–Kier alpha value is -1.55. The first-order valence-corrected chi connectivity index (χ1v) is 6.91. The predicted molar refractivity (Wildman–Crippen MR) is 78.6 cm³/mol. The zero-order chi connectivity index (χ0) is 13.8. The molecular formula is C15H23N3O. The van der Waals surface area contributed by atoms with E-state index in [1.54, 1.807) is 0 Å². The quantitative estimate of drug-likeness (QED) is 0.902. The molecule has 0 unspecified atom stereocenters. The molecule has 0 saturated carbocycles. The second-order valence-electron chi connectivity index (χ2n) is 5.44. The van der Waals surface area contributed by atoms with E-state index in [-0.39, 0.29) is 5.91 Å². The van der Waals surface area contributed by atoms with Gasteiger partial charge in [-0.15, -0.1) is 0 Å². The minimum absolute atomic E-state index is 0.136. The molecule has 1 saturated heterocycles. The molecule has 0 atom stereocenters. The average Bonchev–Trinajstić information content (AvgIpc) is 2.39. The van der Waals surface area contributed by atoms with Crippen LogP contribution in [0.4, 0.5) is 5.69 Å². The van der Waals surface area contributed by atoms with Gasteiger partial charge in [0.2, 0.25) is 0 Å². The number of para-hydroxylation sites is 1. The summed E-state index contributed by atoms with van der Waals surface area (Å²) in [5.41, 5.74) is 1.71. The molecule has 1 amide bonds. The van der Waals surface area contributed by atoms with Crippen LogP contribution in [-0.4, -0.2) is 55.0 Å². The van der Waals surface area contributed by atoms with Gasteiger partial charge in [0.05, 0.1) is 5.56 Å². The zero-order valence-electron chi connectivity index (χ0n) is 12.0. The predicted octanol–water partition coefficient (Wildman–Crippen LogP) is 1.89. The zero-order valence-corrected chi connectivity index (χ0v) is 12.0. The third-order valence-corrected chi connectivity index (χ3v) is 3.39. The lowest BCUT2D eigenvalue weighted by molar-refractivity contribution is 0.0665. The molecular weight excluding hydrogens is 238 g/mol. The standard InChI is InChI=1S/C15H23N3O/c1-12(2)16-14-7-5-4-6-13(14)15(19)18-10-8-17(3)9-11-18/h4-7,12,16H,8-11H2,1-3H3. The molecule has 19 heavy (non-hydrogen) atoms. The fraction of sp³-hybridized carbons (Fsp3) is 0.533. The third kappa shape index (κ3) is 3.47. The highest BCUT2D eigenvalue weighted by molar-refractivity contribution is 5.99. The maximum Gasteiger partial charge on any atom is 0.256 e. The second kappa shape index (κ2) is 6.06. The van der Waals surface area contributed by atoms with E-state index < -0.39 is 0 Å². The van der Waals surface area contributed by atoms with Crippen LogP contribution in [0.2, 0.25) is 0 Å². The van der Waals surface area contributed by atoms with Crippen LogP contribution < -0.4 is 5.32 Å².